The van der Waals surface area contributed by atoms with Crippen LogP contribution in [0.1, 0.15) is 16.7 Å². The zero-order chi connectivity index (χ0) is 18.1. The van der Waals surface area contributed by atoms with Gasteiger partial charge in [-0.3, -0.25) is 4.55 Å². The molecule has 0 aromatic heterocycles. The molecule has 3 rings (SSSR count). The standard InChI is InChI=1S/C19H16O5S/c20-17-10-6-15(7-11-17)19(25(22,23)24,14-4-2-1-3-5-14)16-8-12-18(21)13-9-16/h1-13,20-21H,(H,22,23,24). The summed E-state index contributed by atoms with van der Waals surface area (Å²) >= 11 is 0. The molecule has 0 atom stereocenters. The summed E-state index contributed by atoms with van der Waals surface area (Å²) in [5, 5.41) is 19.1. The SMILES string of the molecule is O=S(=O)(O)C(c1ccccc1)(c1ccc(O)cc1)c1ccc(O)cc1. The van der Waals surface area contributed by atoms with Crippen molar-refractivity contribution >= 4 is 10.1 Å². The zero-order valence-corrected chi connectivity index (χ0v) is 13.9. The molecule has 0 unspecified atom stereocenters. The molecule has 0 amide bonds. The number of hydrogen-bond donors (Lipinski definition) is 3. The molecule has 0 saturated heterocycles. The van der Waals surface area contributed by atoms with Crippen LogP contribution in [-0.4, -0.2) is 23.2 Å². The Kier molecular flexibility index (Phi) is 4.24. The van der Waals surface area contributed by atoms with Crippen LogP contribution in [0.15, 0.2) is 78.9 Å². The number of phenols is 2. The van der Waals surface area contributed by atoms with Crippen LogP contribution < -0.4 is 0 Å². The molecular weight excluding hydrogens is 340 g/mol. The van der Waals surface area contributed by atoms with Gasteiger partial charge in [-0.2, -0.15) is 8.42 Å². The van der Waals surface area contributed by atoms with E-state index in [4.69, 9.17) is 0 Å². The van der Waals surface area contributed by atoms with Gasteiger partial charge in [-0.1, -0.05) is 54.6 Å². The molecule has 0 radical (unpaired) electrons. The Labute approximate surface area is 145 Å². The minimum absolute atomic E-state index is 0.0215. The maximum absolute atomic E-state index is 12.7. The molecule has 0 aliphatic rings. The second kappa shape index (κ2) is 6.23. The van der Waals surface area contributed by atoms with E-state index >= 15 is 0 Å². The van der Waals surface area contributed by atoms with E-state index in [0.29, 0.717) is 5.56 Å². The number of aromatic hydroxyl groups is 2. The Balaban J connectivity index is 2.44. The summed E-state index contributed by atoms with van der Waals surface area (Å²) in [7, 11) is -4.67. The Morgan fingerprint density at radius 3 is 1.32 bits per heavy atom. The van der Waals surface area contributed by atoms with E-state index in [9.17, 15) is 23.2 Å². The van der Waals surface area contributed by atoms with E-state index in [1.165, 1.54) is 48.5 Å². The highest BCUT2D eigenvalue weighted by Crippen LogP contribution is 2.44. The number of hydrogen-bond acceptors (Lipinski definition) is 4. The van der Waals surface area contributed by atoms with E-state index in [2.05, 4.69) is 0 Å². The van der Waals surface area contributed by atoms with E-state index < -0.39 is 14.9 Å². The summed E-state index contributed by atoms with van der Waals surface area (Å²) < 4.78 is 33.7. The van der Waals surface area contributed by atoms with Gasteiger partial charge in [0.15, 0.2) is 4.75 Å². The zero-order valence-electron chi connectivity index (χ0n) is 13.1. The van der Waals surface area contributed by atoms with Gasteiger partial charge in [-0.15, -0.1) is 0 Å². The topological polar surface area (TPSA) is 94.8 Å². The normalized spacial score (nSPS) is 12.0. The second-order valence-corrected chi connectivity index (χ2v) is 7.18. The van der Waals surface area contributed by atoms with Gasteiger partial charge in [-0.25, -0.2) is 0 Å². The molecule has 25 heavy (non-hydrogen) atoms. The van der Waals surface area contributed by atoms with Crippen molar-refractivity contribution in [3.63, 3.8) is 0 Å². The summed E-state index contributed by atoms with van der Waals surface area (Å²) in [4.78, 5) is 0. The van der Waals surface area contributed by atoms with Gasteiger partial charge >= 0.3 is 0 Å². The van der Waals surface area contributed by atoms with Gasteiger partial charge in [0.25, 0.3) is 10.1 Å². The molecular formula is C19H16O5S. The van der Waals surface area contributed by atoms with Crippen LogP contribution in [0.25, 0.3) is 0 Å². The summed E-state index contributed by atoms with van der Waals surface area (Å²) in [6.07, 6.45) is 0. The molecule has 5 nitrogen and oxygen atoms in total. The number of benzene rings is 3. The second-order valence-electron chi connectivity index (χ2n) is 5.62. The van der Waals surface area contributed by atoms with Crippen molar-refractivity contribution in [1.82, 2.24) is 0 Å². The first-order chi connectivity index (χ1) is 11.9. The van der Waals surface area contributed by atoms with Crippen LogP contribution in [0, 0.1) is 0 Å². The third-order valence-corrected chi connectivity index (χ3v) is 5.60. The van der Waals surface area contributed by atoms with Gasteiger partial charge in [0.2, 0.25) is 0 Å². The lowest BCUT2D eigenvalue weighted by Gasteiger charge is -2.32. The molecule has 6 heteroatoms. The highest BCUT2D eigenvalue weighted by Gasteiger charge is 2.48. The molecule has 0 aliphatic carbocycles. The third-order valence-electron chi connectivity index (χ3n) is 4.11. The van der Waals surface area contributed by atoms with Crippen molar-refractivity contribution in [3.05, 3.63) is 95.6 Å². The first-order valence-electron chi connectivity index (χ1n) is 7.47. The van der Waals surface area contributed by atoms with Gasteiger partial charge in [0.1, 0.15) is 11.5 Å². The Morgan fingerprint density at radius 2 is 0.960 bits per heavy atom. The lowest BCUT2D eigenvalue weighted by atomic mass is 9.84. The maximum Gasteiger partial charge on any atom is 0.283 e. The molecule has 0 saturated carbocycles. The Bertz CT molecular complexity index is 917. The monoisotopic (exact) mass is 356 g/mol. The van der Waals surface area contributed by atoms with Crippen LogP contribution in [0.3, 0.4) is 0 Å². The van der Waals surface area contributed by atoms with Crippen LogP contribution in [0.5, 0.6) is 11.5 Å². The predicted molar refractivity (Wildman–Crippen MR) is 94.1 cm³/mol. The van der Waals surface area contributed by atoms with Crippen LogP contribution in [0.4, 0.5) is 0 Å². The lowest BCUT2D eigenvalue weighted by molar-refractivity contribution is 0.456. The highest BCUT2D eigenvalue weighted by atomic mass is 32.2. The summed E-state index contributed by atoms with van der Waals surface area (Å²) in [6.45, 7) is 0. The van der Waals surface area contributed by atoms with Crippen LogP contribution in [-0.2, 0) is 14.9 Å². The molecule has 0 aliphatic heterocycles. The van der Waals surface area contributed by atoms with Gasteiger partial charge in [0.05, 0.1) is 0 Å². The van der Waals surface area contributed by atoms with Gasteiger partial charge < -0.3 is 10.2 Å². The van der Waals surface area contributed by atoms with Crippen molar-refractivity contribution in [2.75, 3.05) is 0 Å². The molecule has 0 bridgehead atoms. The average molecular weight is 356 g/mol. The first-order valence-corrected chi connectivity index (χ1v) is 8.91. The third kappa shape index (κ3) is 2.86. The minimum atomic E-state index is -4.67. The molecule has 0 spiro atoms. The van der Waals surface area contributed by atoms with Crippen LogP contribution in [0.2, 0.25) is 0 Å². The van der Waals surface area contributed by atoms with Gasteiger partial charge in [-0.05, 0) is 41.0 Å². The highest BCUT2D eigenvalue weighted by molar-refractivity contribution is 7.87. The van der Waals surface area contributed by atoms with Gasteiger partial charge in [0, 0.05) is 0 Å². The fourth-order valence-corrected chi connectivity index (χ4v) is 4.31. The molecule has 0 heterocycles. The average Bonchev–Trinajstić information content (AvgIpc) is 2.58. The number of phenolic OH excluding ortho intramolecular Hbond substituents is 2. The van der Waals surface area contributed by atoms with Crippen molar-refractivity contribution < 1.29 is 23.2 Å². The minimum Gasteiger partial charge on any atom is -0.508 e. The van der Waals surface area contributed by atoms with E-state index in [1.54, 1.807) is 30.3 Å². The van der Waals surface area contributed by atoms with Crippen LogP contribution >= 0.6 is 0 Å². The van der Waals surface area contributed by atoms with E-state index in [0.717, 1.165) is 0 Å². The van der Waals surface area contributed by atoms with E-state index in [1.807, 2.05) is 0 Å². The fraction of sp³-hybridized carbons (Fsp3) is 0.0526. The predicted octanol–water partition coefficient (Wildman–Crippen LogP) is 3.28. The smallest absolute Gasteiger partial charge is 0.283 e. The fourth-order valence-electron chi connectivity index (χ4n) is 3.01. The molecule has 0 fully saturated rings. The molecule has 3 aromatic rings. The Morgan fingerprint density at radius 1 is 0.600 bits per heavy atom. The van der Waals surface area contributed by atoms with Crippen molar-refractivity contribution in [2.24, 2.45) is 0 Å². The lowest BCUT2D eigenvalue weighted by Crippen LogP contribution is -2.38. The molecule has 3 N–H and O–H groups in total. The van der Waals surface area contributed by atoms with Crippen molar-refractivity contribution in [1.29, 1.82) is 0 Å². The first kappa shape index (κ1) is 17.0. The van der Waals surface area contributed by atoms with Crippen molar-refractivity contribution in [3.8, 4) is 11.5 Å². The summed E-state index contributed by atoms with van der Waals surface area (Å²) in [5.41, 5.74) is 0.878. The summed E-state index contributed by atoms with van der Waals surface area (Å²) in [5.74, 6) is -0.0430. The molecule has 3 aromatic carbocycles. The quantitative estimate of drug-likeness (QED) is 0.493. The Hall–Kier alpha value is -2.83. The summed E-state index contributed by atoms with van der Waals surface area (Å²) in [6, 6.07) is 19.5. The number of rotatable bonds is 4. The largest absolute Gasteiger partial charge is 0.508 e. The van der Waals surface area contributed by atoms with E-state index in [-0.39, 0.29) is 22.6 Å². The van der Waals surface area contributed by atoms with Crippen molar-refractivity contribution in [2.45, 2.75) is 4.75 Å². The maximum atomic E-state index is 12.7. The molecule has 128 valence electrons.